The second-order valence-corrected chi connectivity index (χ2v) is 4.12. The van der Waals surface area contributed by atoms with Crippen LogP contribution in [0.15, 0.2) is 0 Å². The molecule has 0 amide bonds. The first-order valence-electron chi connectivity index (χ1n) is 5.46. The molecule has 98 valence electrons. The van der Waals surface area contributed by atoms with Crippen LogP contribution in [0, 0.1) is 5.92 Å². The van der Waals surface area contributed by atoms with Crippen molar-refractivity contribution in [2.24, 2.45) is 5.92 Å². The van der Waals surface area contributed by atoms with Crippen molar-refractivity contribution in [1.82, 2.24) is 0 Å². The molecule has 0 aromatic rings. The second kappa shape index (κ2) is 7.94. The van der Waals surface area contributed by atoms with E-state index >= 15 is 0 Å². The normalized spacial score (nSPS) is 16.1. The number of rotatable bonds is 9. The molecule has 0 fully saturated rings. The maximum Gasteiger partial charge on any atom is 0.275 e. The van der Waals surface area contributed by atoms with E-state index in [2.05, 4.69) is 0 Å². The van der Waals surface area contributed by atoms with Crippen molar-refractivity contribution < 1.29 is 30.6 Å². The molecule has 0 aromatic carbocycles. The van der Waals surface area contributed by atoms with Crippen molar-refractivity contribution in [1.29, 1.82) is 0 Å². The summed E-state index contributed by atoms with van der Waals surface area (Å²) >= 11 is 0. The van der Waals surface area contributed by atoms with Gasteiger partial charge in [-0.3, -0.25) is 0 Å². The van der Waals surface area contributed by atoms with Gasteiger partial charge in [0.1, 0.15) is 0 Å². The van der Waals surface area contributed by atoms with Gasteiger partial charge in [-0.2, -0.15) is 0 Å². The first kappa shape index (κ1) is 15.8. The van der Waals surface area contributed by atoms with E-state index < -0.39 is 12.1 Å². The van der Waals surface area contributed by atoms with Gasteiger partial charge in [-0.15, -0.1) is 0 Å². The molecule has 0 saturated carbocycles. The minimum absolute atomic E-state index is 0.00509. The first-order valence-corrected chi connectivity index (χ1v) is 5.46. The van der Waals surface area contributed by atoms with Crippen molar-refractivity contribution in [3.05, 3.63) is 0 Å². The van der Waals surface area contributed by atoms with E-state index in [1.54, 1.807) is 0 Å². The van der Waals surface area contributed by atoms with Gasteiger partial charge in [0.15, 0.2) is 0 Å². The number of aliphatic hydroxyl groups is 6. The van der Waals surface area contributed by atoms with Gasteiger partial charge in [0.25, 0.3) is 5.97 Å². The predicted molar refractivity (Wildman–Crippen MR) is 56.1 cm³/mol. The number of hydrogen-bond acceptors (Lipinski definition) is 6. The standard InChI is InChI=1S/C10H22O6/c11-5-3-8(6-9(13)7-12)2-1-4-10(14,15)16/h8-9,11-16H,1-7H2. The third-order valence-electron chi connectivity index (χ3n) is 2.48. The van der Waals surface area contributed by atoms with Crippen molar-refractivity contribution in [3.8, 4) is 0 Å². The Morgan fingerprint density at radius 2 is 1.62 bits per heavy atom. The molecular formula is C10H22O6. The Labute approximate surface area is 94.8 Å². The molecule has 6 N–H and O–H groups in total. The van der Waals surface area contributed by atoms with E-state index in [1.165, 1.54) is 0 Å². The highest BCUT2D eigenvalue weighted by molar-refractivity contribution is 4.65. The van der Waals surface area contributed by atoms with Crippen molar-refractivity contribution in [2.45, 2.75) is 44.2 Å². The lowest BCUT2D eigenvalue weighted by atomic mass is 9.92. The zero-order valence-corrected chi connectivity index (χ0v) is 9.29. The summed E-state index contributed by atoms with van der Waals surface area (Å²) in [6, 6.07) is 0. The first-order chi connectivity index (χ1) is 7.39. The second-order valence-electron chi connectivity index (χ2n) is 4.12. The lowest BCUT2D eigenvalue weighted by molar-refractivity contribution is -0.315. The molecular weight excluding hydrogens is 216 g/mol. The molecule has 0 aliphatic carbocycles. The van der Waals surface area contributed by atoms with Crippen LogP contribution in [0.3, 0.4) is 0 Å². The zero-order chi connectivity index (χ0) is 12.6. The summed E-state index contributed by atoms with van der Waals surface area (Å²) in [7, 11) is 0. The van der Waals surface area contributed by atoms with E-state index in [0.29, 0.717) is 25.7 Å². The fraction of sp³-hybridized carbons (Fsp3) is 1.00. The van der Waals surface area contributed by atoms with E-state index in [4.69, 9.17) is 25.5 Å². The van der Waals surface area contributed by atoms with Gasteiger partial charge in [-0.25, -0.2) is 0 Å². The highest BCUT2D eigenvalue weighted by Gasteiger charge is 2.19. The minimum Gasteiger partial charge on any atom is -0.396 e. The smallest absolute Gasteiger partial charge is 0.275 e. The molecule has 16 heavy (non-hydrogen) atoms. The highest BCUT2D eigenvalue weighted by atomic mass is 16.7. The number of hydrogen-bond donors (Lipinski definition) is 6. The third kappa shape index (κ3) is 9.02. The van der Waals surface area contributed by atoms with Crippen molar-refractivity contribution >= 4 is 0 Å². The van der Waals surface area contributed by atoms with Gasteiger partial charge in [0.05, 0.1) is 12.7 Å². The SMILES string of the molecule is OCCC(CCCC(O)(O)O)CC(O)CO. The topological polar surface area (TPSA) is 121 Å². The van der Waals surface area contributed by atoms with E-state index in [1.807, 2.05) is 0 Å². The third-order valence-corrected chi connectivity index (χ3v) is 2.48. The van der Waals surface area contributed by atoms with Gasteiger partial charge in [-0.1, -0.05) is 0 Å². The fourth-order valence-electron chi connectivity index (χ4n) is 1.65. The largest absolute Gasteiger partial charge is 0.396 e. The molecule has 0 radical (unpaired) electrons. The van der Waals surface area contributed by atoms with E-state index in [0.717, 1.165) is 0 Å². The summed E-state index contributed by atoms with van der Waals surface area (Å²) in [5.74, 6) is -2.66. The summed E-state index contributed by atoms with van der Waals surface area (Å²) < 4.78 is 0. The van der Waals surface area contributed by atoms with Crippen LogP contribution in [-0.2, 0) is 0 Å². The minimum atomic E-state index is -2.65. The fourth-order valence-corrected chi connectivity index (χ4v) is 1.65. The maximum absolute atomic E-state index is 9.23. The van der Waals surface area contributed by atoms with Gasteiger partial charge in [-0.05, 0) is 31.6 Å². The lowest BCUT2D eigenvalue weighted by Gasteiger charge is -2.20. The Morgan fingerprint density at radius 3 is 2.06 bits per heavy atom. The molecule has 0 aromatic heterocycles. The Morgan fingerprint density at radius 1 is 1.00 bits per heavy atom. The molecule has 0 rings (SSSR count). The summed E-state index contributed by atoms with van der Waals surface area (Å²) in [6.45, 7) is -0.350. The summed E-state index contributed by atoms with van der Waals surface area (Å²) in [4.78, 5) is 0. The Kier molecular flexibility index (Phi) is 7.82. The van der Waals surface area contributed by atoms with Gasteiger partial charge >= 0.3 is 0 Å². The molecule has 6 heteroatoms. The van der Waals surface area contributed by atoms with E-state index in [9.17, 15) is 5.11 Å². The van der Waals surface area contributed by atoms with Gasteiger partial charge in [0, 0.05) is 13.0 Å². The van der Waals surface area contributed by atoms with Crippen LogP contribution in [0.1, 0.15) is 32.1 Å². The lowest BCUT2D eigenvalue weighted by Crippen LogP contribution is -2.27. The molecule has 0 bridgehead atoms. The monoisotopic (exact) mass is 238 g/mol. The zero-order valence-electron chi connectivity index (χ0n) is 9.29. The highest BCUT2D eigenvalue weighted by Crippen LogP contribution is 2.20. The summed E-state index contributed by atoms with van der Waals surface area (Å²) in [5, 5.41) is 52.7. The van der Waals surface area contributed by atoms with Crippen molar-refractivity contribution in [3.63, 3.8) is 0 Å². The van der Waals surface area contributed by atoms with E-state index in [-0.39, 0.29) is 25.6 Å². The molecule has 0 spiro atoms. The molecule has 0 heterocycles. The Hall–Kier alpha value is -0.240. The molecule has 2 atom stereocenters. The quantitative estimate of drug-likeness (QED) is 0.273. The molecule has 0 aliphatic rings. The van der Waals surface area contributed by atoms with Crippen molar-refractivity contribution in [2.75, 3.05) is 13.2 Å². The molecule has 0 aliphatic heterocycles. The predicted octanol–water partition coefficient (Wildman–Crippen LogP) is -1.47. The maximum atomic E-state index is 9.23. The summed E-state index contributed by atoms with van der Waals surface area (Å²) in [5.41, 5.74) is 0. The molecule has 0 saturated heterocycles. The van der Waals surface area contributed by atoms with Crippen LogP contribution in [0.2, 0.25) is 0 Å². The Balaban J connectivity index is 3.84. The average Bonchev–Trinajstić information content (AvgIpc) is 2.15. The van der Waals surface area contributed by atoms with Crippen LogP contribution in [0.25, 0.3) is 0 Å². The summed E-state index contributed by atoms with van der Waals surface area (Å²) in [6.07, 6.45) is 0.745. The van der Waals surface area contributed by atoms with Crippen LogP contribution in [-0.4, -0.2) is 55.9 Å². The number of aliphatic hydroxyl groups excluding tert-OH is 3. The van der Waals surface area contributed by atoms with Gasteiger partial charge < -0.3 is 30.6 Å². The van der Waals surface area contributed by atoms with Gasteiger partial charge in [0.2, 0.25) is 0 Å². The molecule has 2 unspecified atom stereocenters. The average molecular weight is 238 g/mol. The van der Waals surface area contributed by atoms with Crippen LogP contribution in [0.4, 0.5) is 0 Å². The molecule has 6 nitrogen and oxygen atoms in total. The van der Waals surface area contributed by atoms with Crippen LogP contribution < -0.4 is 0 Å². The van der Waals surface area contributed by atoms with Crippen LogP contribution in [0.5, 0.6) is 0 Å². The Bertz CT molecular complexity index is 167. The van der Waals surface area contributed by atoms with Crippen LogP contribution >= 0.6 is 0 Å².